The number of esters is 1. The molecule has 4 nitrogen and oxygen atoms in total. The van der Waals surface area contributed by atoms with Gasteiger partial charge in [0.15, 0.2) is 5.76 Å². The van der Waals surface area contributed by atoms with Gasteiger partial charge in [-0.1, -0.05) is 51.3 Å². The molecule has 1 heterocycles. The van der Waals surface area contributed by atoms with Crippen molar-refractivity contribution >= 4 is 57.0 Å². The highest BCUT2D eigenvalue weighted by Crippen LogP contribution is 2.36. The van der Waals surface area contributed by atoms with Gasteiger partial charge in [0.05, 0.1) is 21.2 Å². The fourth-order valence-corrected chi connectivity index (χ4v) is 3.38. The Morgan fingerprint density at radius 3 is 2.55 bits per heavy atom. The molecule has 0 aliphatic carbocycles. The Hall–Kier alpha value is -2.60. The van der Waals surface area contributed by atoms with Crippen LogP contribution in [-0.2, 0) is 0 Å². The minimum absolute atomic E-state index is 0.112. The molecular weight excluding hydrogens is 479 g/mol. The minimum atomic E-state index is -0.511. The van der Waals surface area contributed by atoms with Crippen LogP contribution >= 0.6 is 39.1 Å². The number of carbonyl (C=O) groups is 2. The quantitative estimate of drug-likeness (QED) is 0.236. The molecule has 0 spiro atoms. The molecule has 0 atom stereocenters. The lowest BCUT2D eigenvalue weighted by Gasteiger charge is -2.06. The predicted octanol–water partition coefficient (Wildman–Crippen LogP) is 6.59. The third-order valence-electron chi connectivity index (χ3n) is 4.20. The molecule has 0 aromatic heterocycles. The summed E-state index contributed by atoms with van der Waals surface area (Å²) in [6.07, 6.45) is 1.53. The molecule has 0 saturated carbocycles. The number of fused-ring (bicyclic) bond motifs is 1. The second kappa shape index (κ2) is 8.03. The SMILES string of the molecule is O=C(Oc1ccc2c(c1)O/C(=C\c1cccc(Cl)c1Cl)C2=O)c1ccc(Br)cc1. The summed E-state index contributed by atoms with van der Waals surface area (Å²) in [5.74, 6) is -0.113. The van der Waals surface area contributed by atoms with Crippen LogP contribution in [-0.4, -0.2) is 11.8 Å². The Balaban J connectivity index is 1.57. The van der Waals surface area contributed by atoms with Crippen LogP contribution in [0.4, 0.5) is 0 Å². The standard InChI is InChI=1S/C22H11BrCl2O4/c23-14-6-4-12(5-7-14)22(27)28-15-8-9-16-18(11-15)29-19(21(16)26)10-13-2-1-3-17(24)20(13)25/h1-11H/b19-10-. The van der Waals surface area contributed by atoms with E-state index >= 15 is 0 Å². The Morgan fingerprint density at radius 2 is 1.79 bits per heavy atom. The number of Topliss-reactive ketones (excluding diaryl/α,β-unsaturated/α-hetero) is 1. The largest absolute Gasteiger partial charge is 0.452 e. The van der Waals surface area contributed by atoms with Gasteiger partial charge in [0.25, 0.3) is 0 Å². The van der Waals surface area contributed by atoms with Crippen LogP contribution in [0.1, 0.15) is 26.3 Å². The van der Waals surface area contributed by atoms with E-state index in [4.69, 9.17) is 32.7 Å². The highest BCUT2D eigenvalue weighted by molar-refractivity contribution is 9.10. The number of rotatable bonds is 3. The monoisotopic (exact) mass is 488 g/mol. The minimum Gasteiger partial charge on any atom is -0.452 e. The summed E-state index contributed by atoms with van der Waals surface area (Å²) in [6, 6.07) is 16.5. The van der Waals surface area contributed by atoms with Gasteiger partial charge < -0.3 is 9.47 Å². The molecule has 7 heteroatoms. The highest BCUT2D eigenvalue weighted by Gasteiger charge is 2.28. The number of halogens is 3. The molecule has 29 heavy (non-hydrogen) atoms. The van der Waals surface area contributed by atoms with E-state index in [9.17, 15) is 9.59 Å². The van der Waals surface area contributed by atoms with Crippen molar-refractivity contribution in [3.63, 3.8) is 0 Å². The van der Waals surface area contributed by atoms with Crippen LogP contribution < -0.4 is 9.47 Å². The summed E-state index contributed by atoms with van der Waals surface area (Å²) >= 11 is 15.5. The van der Waals surface area contributed by atoms with Crippen molar-refractivity contribution in [2.45, 2.75) is 0 Å². The van der Waals surface area contributed by atoms with Gasteiger partial charge in [-0.2, -0.15) is 0 Å². The fraction of sp³-hybridized carbons (Fsp3) is 0. The zero-order valence-electron chi connectivity index (χ0n) is 14.6. The average Bonchev–Trinajstić information content (AvgIpc) is 3.01. The highest BCUT2D eigenvalue weighted by atomic mass is 79.9. The molecule has 0 saturated heterocycles. The Kier molecular flexibility index (Phi) is 5.46. The van der Waals surface area contributed by atoms with Crippen LogP contribution in [0.5, 0.6) is 11.5 Å². The van der Waals surface area contributed by atoms with Crippen molar-refractivity contribution < 1.29 is 19.1 Å². The Morgan fingerprint density at radius 1 is 1.03 bits per heavy atom. The molecule has 0 bridgehead atoms. The maximum Gasteiger partial charge on any atom is 0.343 e. The van der Waals surface area contributed by atoms with Gasteiger partial charge in [-0.05, 0) is 54.1 Å². The third-order valence-corrected chi connectivity index (χ3v) is 5.56. The van der Waals surface area contributed by atoms with Crippen LogP contribution in [0.3, 0.4) is 0 Å². The van der Waals surface area contributed by atoms with E-state index < -0.39 is 5.97 Å². The van der Waals surface area contributed by atoms with Crippen molar-refractivity contribution in [3.8, 4) is 11.5 Å². The number of benzene rings is 3. The first-order valence-corrected chi connectivity index (χ1v) is 9.97. The van der Waals surface area contributed by atoms with Crippen molar-refractivity contribution in [2.24, 2.45) is 0 Å². The molecule has 4 rings (SSSR count). The van der Waals surface area contributed by atoms with Crippen molar-refractivity contribution in [1.82, 2.24) is 0 Å². The summed E-state index contributed by atoms with van der Waals surface area (Å²) in [5.41, 5.74) is 1.34. The average molecular weight is 490 g/mol. The van der Waals surface area contributed by atoms with Crippen LogP contribution in [0, 0.1) is 0 Å². The lowest BCUT2D eigenvalue weighted by Crippen LogP contribution is -2.08. The van der Waals surface area contributed by atoms with Crippen molar-refractivity contribution in [2.75, 3.05) is 0 Å². The first-order chi connectivity index (χ1) is 13.9. The number of ether oxygens (including phenoxy) is 2. The van der Waals surface area contributed by atoms with Gasteiger partial charge in [-0.3, -0.25) is 4.79 Å². The van der Waals surface area contributed by atoms with E-state index in [2.05, 4.69) is 15.9 Å². The van der Waals surface area contributed by atoms with E-state index in [0.29, 0.717) is 32.5 Å². The zero-order valence-corrected chi connectivity index (χ0v) is 17.7. The van der Waals surface area contributed by atoms with E-state index in [-0.39, 0.29) is 17.3 Å². The lowest BCUT2D eigenvalue weighted by atomic mass is 10.1. The zero-order chi connectivity index (χ0) is 20.5. The normalized spacial score (nSPS) is 13.9. The maximum atomic E-state index is 12.6. The number of carbonyl (C=O) groups excluding carboxylic acids is 2. The Labute approximate surface area is 184 Å². The second-order valence-corrected chi connectivity index (χ2v) is 7.84. The number of hydrogen-bond donors (Lipinski definition) is 0. The summed E-state index contributed by atoms with van der Waals surface area (Å²) in [6.45, 7) is 0. The fourth-order valence-electron chi connectivity index (χ4n) is 2.76. The molecule has 0 unspecified atom stereocenters. The molecule has 3 aromatic carbocycles. The van der Waals surface area contributed by atoms with Gasteiger partial charge in [0.2, 0.25) is 5.78 Å². The van der Waals surface area contributed by atoms with Gasteiger partial charge in [0, 0.05) is 10.5 Å². The first kappa shape index (κ1) is 19.7. The van der Waals surface area contributed by atoms with Gasteiger partial charge >= 0.3 is 5.97 Å². The summed E-state index contributed by atoms with van der Waals surface area (Å²) < 4.78 is 11.9. The lowest BCUT2D eigenvalue weighted by molar-refractivity contribution is 0.0734. The van der Waals surface area contributed by atoms with Crippen LogP contribution in [0.15, 0.2) is 70.9 Å². The summed E-state index contributed by atoms with van der Waals surface area (Å²) in [4.78, 5) is 24.9. The van der Waals surface area contributed by atoms with Crippen LogP contribution in [0.25, 0.3) is 6.08 Å². The Bertz CT molecular complexity index is 1170. The third kappa shape index (κ3) is 4.08. The molecule has 0 fully saturated rings. The first-order valence-electron chi connectivity index (χ1n) is 8.42. The van der Waals surface area contributed by atoms with E-state index in [1.54, 1.807) is 54.6 Å². The van der Waals surface area contributed by atoms with E-state index in [1.807, 2.05) is 0 Å². The molecule has 144 valence electrons. The van der Waals surface area contributed by atoms with Gasteiger partial charge in [-0.15, -0.1) is 0 Å². The van der Waals surface area contributed by atoms with Crippen LogP contribution in [0.2, 0.25) is 10.0 Å². The smallest absolute Gasteiger partial charge is 0.343 e. The number of ketones is 1. The van der Waals surface area contributed by atoms with E-state index in [1.165, 1.54) is 12.1 Å². The summed E-state index contributed by atoms with van der Waals surface area (Å²) in [7, 11) is 0. The van der Waals surface area contributed by atoms with Crippen molar-refractivity contribution in [1.29, 1.82) is 0 Å². The summed E-state index contributed by atoms with van der Waals surface area (Å²) in [5, 5.41) is 0.712. The topological polar surface area (TPSA) is 52.6 Å². The second-order valence-electron chi connectivity index (χ2n) is 6.14. The molecule has 3 aromatic rings. The number of allylic oxidation sites excluding steroid dienone is 1. The molecule has 1 aliphatic heterocycles. The van der Waals surface area contributed by atoms with Gasteiger partial charge in [0.1, 0.15) is 11.5 Å². The predicted molar refractivity (Wildman–Crippen MR) is 115 cm³/mol. The van der Waals surface area contributed by atoms with E-state index in [0.717, 1.165) is 4.47 Å². The molecule has 1 aliphatic rings. The maximum absolute atomic E-state index is 12.6. The molecule has 0 radical (unpaired) electrons. The molecule has 0 N–H and O–H groups in total. The van der Waals surface area contributed by atoms with Gasteiger partial charge in [-0.25, -0.2) is 4.79 Å². The van der Waals surface area contributed by atoms with Crippen molar-refractivity contribution in [3.05, 3.63) is 97.6 Å². The molecular formula is C22H11BrCl2O4. The molecule has 0 amide bonds. The number of hydrogen-bond acceptors (Lipinski definition) is 4.